The van der Waals surface area contributed by atoms with Gasteiger partial charge < -0.3 is 11.2 Å². The van der Waals surface area contributed by atoms with Crippen LogP contribution in [0.3, 0.4) is 0 Å². The molecule has 0 bridgehead atoms. The Bertz CT molecular complexity index is 333. The lowest BCUT2D eigenvalue weighted by Crippen LogP contribution is -2.41. The smallest absolute Gasteiger partial charge is 0.330 e. The number of nitrogens with two attached hydrogens (primary N) is 1. The van der Waals surface area contributed by atoms with Crippen LogP contribution in [0.2, 0.25) is 0 Å². The van der Waals surface area contributed by atoms with Crippen molar-refractivity contribution in [1.29, 1.82) is 0 Å². The highest BCUT2D eigenvalue weighted by atomic mass is 16.2. The molecule has 0 heterocycles. The quantitative estimate of drug-likeness (QED) is 0.603. The molecule has 1 fully saturated rings. The minimum Gasteiger partial charge on any atom is -0.350 e. The normalized spacial score (nSPS) is 31.9. The maximum atomic E-state index is 10.6. The van der Waals surface area contributed by atoms with Gasteiger partial charge in [-0.15, -0.1) is 0 Å². The van der Waals surface area contributed by atoms with Crippen LogP contribution in [-0.4, -0.2) is 6.03 Å². The van der Waals surface area contributed by atoms with Gasteiger partial charge in [0.2, 0.25) is 0 Å². The molecule has 0 aromatic carbocycles. The van der Waals surface area contributed by atoms with E-state index < -0.39 is 6.03 Å². The monoisotopic (exact) mass is 209 g/mol. The van der Waals surface area contributed by atoms with E-state index in [0.29, 0.717) is 5.41 Å². The van der Waals surface area contributed by atoms with Gasteiger partial charge in [-0.1, -0.05) is 19.4 Å². The zero-order valence-electron chi connectivity index (χ0n) is 9.55. The number of hydrazine groups is 1. The SMILES string of the molecule is CC1=C(NNC(N)=O)CC2C(C1)C2(C)C. The second kappa shape index (κ2) is 3.15. The first-order chi connectivity index (χ1) is 6.93. The van der Waals surface area contributed by atoms with E-state index in [9.17, 15) is 4.79 Å². The summed E-state index contributed by atoms with van der Waals surface area (Å²) in [7, 11) is 0. The summed E-state index contributed by atoms with van der Waals surface area (Å²) in [5.74, 6) is 1.59. The maximum Gasteiger partial charge on any atom is 0.330 e. The van der Waals surface area contributed by atoms with E-state index >= 15 is 0 Å². The number of allylic oxidation sites excluding steroid dienone is 2. The van der Waals surface area contributed by atoms with Gasteiger partial charge >= 0.3 is 6.03 Å². The van der Waals surface area contributed by atoms with Crippen molar-refractivity contribution in [3.05, 3.63) is 11.3 Å². The van der Waals surface area contributed by atoms with E-state index in [4.69, 9.17) is 5.73 Å². The minimum absolute atomic E-state index is 0.470. The van der Waals surface area contributed by atoms with Crippen molar-refractivity contribution in [3.8, 4) is 0 Å². The highest BCUT2D eigenvalue weighted by molar-refractivity contribution is 5.71. The number of fused-ring (bicyclic) bond motifs is 1. The van der Waals surface area contributed by atoms with Gasteiger partial charge in [-0.25, -0.2) is 4.79 Å². The third-order valence-electron chi connectivity index (χ3n) is 4.09. The summed E-state index contributed by atoms with van der Waals surface area (Å²) in [4.78, 5) is 10.6. The molecule has 84 valence electrons. The van der Waals surface area contributed by atoms with Crippen molar-refractivity contribution in [2.24, 2.45) is 23.0 Å². The van der Waals surface area contributed by atoms with Crippen molar-refractivity contribution in [3.63, 3.8) is 0 Å². The molecule has 0 aliphatic heterocycles. The Morgan fingerprint density at radius 2 is 2.00 bits per heavy atom. The first-order valence-corrected chi connectivity index (χ1v) is 5.43. The Labute approximate surface area is 90.3 Å². The number of hydrogen-bond acceptors (Lipinski definition) is 2. The van der Waals surface area contributed by atoms with Crippen molar-refractivity contribution >= 4 is 6.03 Å². The highest BCUT2D eigenvalue weighted by Crippen LogP contribution is 2.65. The lowest BCUT2D eigenvalue weighted by molar-refractivity contribution is 0.245. The fourth-order valence-corrected chi connectivity index (χ4v) is 2.81. The number of hydrogen-bond donors (Lipinski definition) is 3. The number of nitrogens with one attached hydrogen (secondary N) is 2. The van der Waals surface area contributed by atoms with Crippen LogP contribution in [0.15, 0.2) is 11.3 Å². The highest BCUT2D eigenvalue weighted by Gasteiger charge is 2.58. The molecular weight excluding hydrogens is 190 g/mol. The van der Waals surface area contributed by atoms with Crippen LogP contribution in [0.1, 0.15) is 33.6 Å². The van der Waals surface area contributed by atoms with Gasteiger partial charge in [0.15, 0.2) is 0 Å². The zero-order valence-corrected chi connectivity index (χ0v) is 9.55. The summed E-state index contributed by atoms with van der Waals surface area (Å²) in [6, 6.07) is -0.535. The summed E-state index contributed by atoms with van der Waals surface area (Å²) < 4.78 is 0. The molecule has 2 aliphatic rings. The van der Waals surface area contributed by atoms with E-state index in [-0.39, 0.29) is 0 Å². The van der Waals surface area contributed by atoms with Gasteiger partial charge in [-0.2, -0.15) is 0 Å². The molecule has 2 amide bonds. The average Bonchev–Trinajstić information content (AvgIpc) is 2.64. The van der Waals surface area contributed by atoms with Crippen molar-refractivity contribution in [2.75, 3.05) is 0 Å². The summed E-state index contributed by atoms with van der Waals surface area (Å²) in [5.41, 5.74) is 13.3. The van der Waals surface area contributed by atoms with Crippen LogP contribution in [0.4, 0.5) is 4.79 Å². The predicted molar refractivity (Wildman–Crippen MR) is 58.5 cm³/mol. The van der Waals surface area contributed by atoms with Crippen molar-refractivity contribution in [1.82, 2.24) is 10.9 Å². The van der Waals surface area contributed by atoms with Gasteiger partial charge in [0.05, 0.1) is 0 Å². The average molecular weight is 209 g/mol. The molecule has 0 aromatic heterocycles. The molecule has 0 spiro atoms. The molecule has 2 rings (SSSR count). The third kappa shape index (κ3) is 1.68. The van der Waals surface area contributed by atoms with E-state index in [0.717, 1.165) is 30.4 Å². The molecule has 2 atom stereocenters. The minimum atomic E-state index is -0.535. The number of urea groups is 1. The molecule has 2 unspecified atom stereocenters. The van der Waals surface area contributed by atoms with Gasteiger partial charge in [-0.05, 0) is 37.0 Å². The second-order valence-corrected chi connectivity index (χ2v) is 5.32. The molecule has 0 aromatic rings. The van der Waals surface area contributed by atoms with E-state index in [2.05, 4.69) is 31.6 Å². The number of rotatable bonds is 2. The molecule has 4 N–H and O–H groups in total. The lowest BCUT2D eigenvalue weighted by atomic mass is 9.98. The Balaban J connectivity index is 1.98. The Morgan fingerprint density at radius 1 is 1.40 bits per heavy atom. The van der Waals surface area contributed by atoms with Crippen LogP contribution in [0.25, 0.3) is 0 Å². The van der Waals surface area contributed by atoms with Crippen LogP contribution < -0.4 is 16.6 Å². The predicted octanol–water partition coefficient (Wildman–Crippen LogP) is 1.50. The Morgan fingerprint density at radius 3 is 2.60 bits per heavy atom. The molecule has 4 heteroatoms. The Hall–Kier alpha value is -1.19. The van der Waals surface area contributed by atoms with Crippen LogP contribution >= 0.6 is 0 Å². The van der Waals surface area contributed by atoms with E-state index in [1.807, 2.05) is 0 Å². The zero-order chi connectivity index (χ0) is 11.2. The first-order valence-electron chi connectivity index (χ1n) is 5.43. The fourth-order valence-electron chi connectivity index (χ4n) is 2.81. The van der Waals surface area contributed by atoms with Gasteiger partial charge in [-0.3, -0.25) is 5.43 Å². The van der Waals surface area contributed by atoms with Crippen LogP contribution in [0, 0.1) is 17.3 Å². The second-order valence-electron chi connectivity index (χ2n) is 5.32. The standard InChI is InChI=1S/C11H19N3O/c1-6-4-7-8(11(7,2)3)5-9(6)13-14-10(12)15/h7-8,13H,4-5H2,1-3H3,(H3,12,14,15). The van der Waals surface area contributed by atoms with Gasteiger partial charge in [0.1, 0.15) is 0 Å². The van der Waals surface area contributed by atoms with Gasteiger partial charge in [0.25, 0.3) is 0 Å². The topological polar surface area (TPSA) is 67.2 Å². The van der Waals surface area contributed by atoms with Crippen molar-refractivity contribution in [2.45, 2.75) is 33.6 Å². The third-order valence-corrected chi connectivity index (χ3v) is 4.09. The first kappa shape index (κ1) is 10.3. The summed E-state index contributed by atoms with van der Waals surface area (Å²) in [5, 5.41) is 0. The molecule has 0 radical (unpaired) electrons. The molecule has 1 saturated carbocycles. The number of primary amides is 1. The number of amides is 2. The largest absolute Gasteiger partial charge is 0.350 e. The van der Waals surface area contributed by atoms with Crippen LogP contribution in [-0.2, 0) is 0 Å². The number of carbonyl (C=O) groups excluding carboxylic acids is 1. The molecular formula is C11H19N3O. The summed E-state index contributed by atoms with van der Waals surface area (Å²) >= 11 is 0. The Kier molecular flexibility index (Phi) is 2.17. The lowest BCUT2D eigenvalue weighted by Gasteiger charge is -2.18. The van der Waals surface area contributed by atoms with Crippen molar-refractivity contribution < 1.29 is 4.79 Å². The van der Waals surface area contributed by atoms with Gasteiger partial charge in [0, 0.05) is 5.70 Å². The van der Waals surface area contributed by atoms with E-state index in [1.165, 1.54) is 5.57 Å². The number of carbonyl (C=O) groups is 1. The summed E-state index contributed by atoms with van der Waals surface area (Å²) in [6.45, 7) is 6.76. The molecule has 0 saturated heterocycles. The maximum absolute atomic E-state index is 10.6. The summed E-state index contributed by atoms with van der Waals surface area (Å²) in [6.07, 6.45) is 2.17. The van der Waals surface area contributed by atoms with Crippen LogP contribution in [0.5, 0.6) is 0 Å². The molecule has 2 aliphatic carbocycles. The molecule has 4 nitrogen and oxygen atoms in total. The fraction of sp³-hybridized carbons (Fsp3) is 0.727. The van der Waals surface area contributed by atoms with E-state index in [1.54, 1.807) is 0 Å². The molecule has 15 heavy (non-hydrogen) atoms.